The number of esters is 1. The zero-order valence-corrected chi connectivity index (χ0v) is 37.5. The molecule has 3 unspecified atom stereocenters. The van der Waals surface area contributed by atoms with Gasteiger partial charge < -0.3 is 20.3 Å². The molecule has 0 bridgehead atoms. The zero-order chi connectivity index (χ0) is 41.0. The molecule has 6 nitrogen and oxygen atoms in total. The van der Waals surface area contributed by atoms with Crippen molar-refractivity contribution in [2.24, 2.45) is 0 Å². The van der Waals surface area contributed by atoms with Crippen molar-refractivity contribution in [2.45, 2.75) is 277 Å². The molecule has 3 N–H and O–H groups in total. The van der Waals surface area contributed by atoms with Gasteiger partial charge in [-0.1, -0.05) is 199 Å². The van der Waals surface area contributed by atoms with E-state index in [0.717, 1.165) is 64.2 Å². The third-order valence-corrected chi connectivity index (χ3v) is 11.3. The molecule has 0 aliphatic carbocycles. The molecular formula is C50H95NO5. The van der Waals surface area contributed by atoms with Gasteiger partial charge in [0, 0.05) is 6.42 Å². The van der Waals surface area contributed by atoms with E-state index in [9.17, 15) is 19.8 Å². The van der Waals surface area contributed by atoms with Gasteiger partial charge in [-0.05, 0) is 70.6 Å². The zero-order valence-electron chi connectivity index (χ0n) is 37.5. The molecule has 0 aromatic carbocycles. The number of hydrogen-bond donors (Lipinski definition) is 3. The highest BCUT2D eigenvalue weighted by atomic mass is 16.5. The highest BCUT2D eigenvalue weighted by Crippen LogP contribution is 2.17. The number of carbonyl (C=O) groups excluding carboxylic acids is 2. The van der Waals surface area contributed by atoms with E-state index >= 15 is 0 Å². The highest BCUT2D eigenvalue weighted by molar-refractivity contribution is 5.77. The van der Waals surface area contributed by atoms with E-state index in [1.54, 1.807) is 0 Å². The van der Waals surface area contributed by atoms with E-state index in [1.165, 1.54) is 148 Å². The standard InChI is InChI=1S/C50H95NO5/c1-4-7-10-13-16-19-22-24-25-28-31-34-37-40-43-50(55)56-46(41-38-35-32-29-27-23-20-17-14-11-8-5-2)44-49(54)51-47(45-52)48(53)42-39-36-33-30-26-21-18-15-12-9-6-3/h25,28-29,32,46-48,52-53H,4-24,26-27,30-31,33-45H2,1-3H3,(H,51,54)/b28-25-,32-29-. The molecule has 330 valence electrons. The monoisotopic (exact) mass is 790 g/mol. The molecule has 0 spiro atoms. The van der Waals surface area contributed by atoms with Gasteiger partial charge in [-0.25, -0.2) is 0 Å². The second-order valence-corrected chi connectivity index (χ2v) is 16.9. The number of nitrogens with one attached hydrogen (secondary N) is 1. The Hall–Kier alpha value is -1.66. The smallest absolute Gasteiger partial charge is 0.306 e. The second-order valence-electron chi connectivity index (χ2n) is 16.9. The molecule has 0 rings (SSSR count). The lowest BCUT2D eigenvalue weighted by Gasteiger charge is -2.24. The predicted molar refractivity (Wildman–Crippen MR) is 241 cm³/mol. The quantitative estimate of drug-likeness (QED) is 0.0324. The third-order valence-electron chi connectivity index (χ3n) is 11.3. The number of aliphatic hydroxyl groups excluding tert-OH is 2. The van der Waals surface area contributed by atoms with Crippen LogP contribution in [0.25, 0.3) is 0 Å². The molecule has 0 aromatic rings. The van der Waals surface area contributed by atoms with Gasteiger partial charge in [0.15, 0.2) is 0 Å². The highest BCUT2D eigenvalue weighted by Gasteiger charge is 2.24. The maximum Gasteiger partial charge on any atom is 0.306 e. The second kappa shape index (κ2) is 44.4. The van der Waals surface area contributed by atoms with E-state index in [1.807, 2.05) is 0 Å². The van der Waals surface area contributed by atoms with Gasteiger partial charge in [-0.3, -0.25) is 9.59 Å². The molecule has 1 amide bonds. The molecule has 0 aliphatic rings. The van der Waals surface area contributed by atoms with Crippen LogP contribution in [-0.2, 0) is 14.3 Å². The Morgan fingerprint density at radius 1 is 0.500 bits per heavy atom. The average molecular weight is 790 g/mol. The van der Waals surface area contributed by atoms with Crippen molar-refractivity contribution in [1.82, 2.24) is 5.32 Å². The van der Waals surface area contributed by atoms with Crippen molar-refractivity contribution < 1.29 is 24.5 Å². The van der Waals surface area contributed by atoms with Crippen molar-refractivity contribution in [2.75, 3.05) is 6.61 Å². The van der Waals surface area contributed by atoms with E-state index in [4.69, 9.17) is 4.74 Å². The summed E-state index contributed by atoms with van der Waals surface area (Å²) < 4.78 is 5.89. The maximum absolute atomic E-state index is 13.1. The van der Waals surface area contributed by atoms with E-state index in [2.05, 4.69) is 50.4 Å². The van der Waals surface area contributed by atoms with Crippen LogP contribution in [0.2, 0.25) is 0 Å². The number of amides is 1. The summed E-state index contributed by atoms with van der Waals surface area (Å²) in [7, 11) is 0. The predicted octanol–water partition coefficient (Wildman–Crippen LogP) is 14.3. The van der Waals surface area contributed by atoms with Crippen LogP contribution >= 0.6 is 0 Å². The number of aliphatic hydroxyl groups is 2. The number of allylic oxidation sites excluding steroid dienone is 4. The summed E-state index contributed by atoms with van der Waals surface area (Å²) in [4.78, 5) is 26.0. The minimum atomic E-state index is -0.792. The van der Waals surface area contributed by atoms with Crippen LogP contribution in [0.5, 0.6) is 0 Å². The number of rotatable bonds is 44. The van der Waals surface area contributed by atoms with Crippen LogP contribution in [0.3, 0.4) is 0 Å². The van der Waals surface area contributed by atoms with Crippen LogP contribution in [0.1, 0.15) is 258 Å². The Kier molecular flexibility index (Phi) is 43.1. The Bertz CT molecular complexity index is 889. The summed E-state index contributed by atoms with van der Waals surface area (Å²) in [5.74, 6) is -0.514. The molecule has 0 fully saturated rings. The van der Waals surface area contributed by atoms with Gasteiger partial charge in [0.1, 0.15) is 6.10 Å². The molecule has 56 heavy (non-hydrogen) atoms. The van der Waals surface area contributed by atoms with E-state index < -0.39 is 18.2 Å². The largest absolute Gasteiger partial charge is 0.462 e. The van der Waals surface area contributed by atoms with Gasteiger partial charge in [0.25, 0.3) is 0 Å². The summed E-state index contributed by atoms with van der Waals surface area (Å²) in [6.07, 6.45) is 49.5. The Morgan fingerprint density at radius 3 is 1.30 bits per heavy atom. The maximum atomic E-state index is 13.1. The van der Waals surface area contributed by atoms with Crippen LogP contribution in [0.15, 0.2) is 24.3 Å². The van der Waals surface area contributed by atoms with Gasteiger partial charge in [0.2, 0.25) is 5.91 Å². The normalized spacial score (nSPS) is 13.4. The van der Waals surface area contributed by atoms with Gasteiger partial charge >= 0.3 is 5.97 Å². The topological polar surface area (TPSA) is 95.9 Å². The molecule has 0 radical (unpaired) electrons. The van der Waals surface area contributed by atoms with E-state index in [0.29, 0.717) is 19.3 Å². The van der Waals surface area contributed by atoms with Crippen LogP contribution in [0, 0.1) is 0 Å². The Morgan fingerprint density at radius 2 is 0.875 bits per heavy atom. The summed E-state index contributed by atoms with van der Waals surface area (Å²) in [6.45, 7) is 6.46. The lowest BCUT2D eigenvalue weighted by Crippen LogP contribution is -2.46. The van der Waals surface area contributed by atoms with Crippen molar-refractivity contribution in [1.29, 1.82) is 0 Å². The molecule has 0 heterocycles. The van der Waals surface area contributed by atoms with Crippen molar-refractivity contribution in [3.8, 4) is 0 Å². The first-order valence-corrected chi connectivity index (χ1v) is 24.6. The minimum absolute atomic E-state index is 0.0543. The van der Waals surface area contributed by atoms with Gasteiger partial charge in [-0.15, -0.1) is 0 Å². The molecule has 0 aromatic heterocycles. The molecule has 0 aliphatic heterocycles. The fraction of sp³-hybridized carbons (Fsp3) is 0.880. The van der Waals surface area contributed by atoms with Gasteiger partial charge in [-0.2, -0.15) is 0 Å². The van der Waals surface area contributed by atoms with Crippen LogP contribution < -0.4 is 5.32 Å². The molecule has 6 heteroatoms. The average Bonchev–Trinajstić information content (AvgIpc) is 3.19. The number of hydrogen-bond acceptors (Lipinski definition) is 5. The fourth-order valence-corrected chi connectivity index (χ4v) is 7.48. The summed E-state index contributed by atoms with van der Waals surface area (Å²) >= 11 is 0. The molecular weight excluding hydrogens is 695 g/mol. The fourth-order valence-electron chi connectivity index (χ4n) is 7.48. The van der Waals surface area contributed by atoms with Crippen molar-refractivity contribution in [3.05, 3.63) is 24.3 Å². The lowest BCUT2D eigenvalue weighted by molar-refractivity contribution is -0.151. The SMILES string of the molecule is CCCCCCCCC/C=C\CCCCCC(=O)OC(CCC/C=C\CCCCCCCCC)CC(=O)NC(CO)C(O)CCCCCCCCCCCCC. The van der Waals surface area contributed by atoms with Crippen LogP contribution in [-0.4, -0.2) is 46.9 Å². The number of carbonyl (C=O) groups is 2. The van der Waals surface area contributed by atoms with Crippen LogP contribution in [0.4, 0.5) is 0 Å². The number of ether oxygens (including phenoxy) is 1. The molecule has 3 atom stereocenters. The van der Waals surface area contributed by atoms with Gasteiger partial charge in [0.05, 0.1) is 25.2 Å². The first kappa shape index (κ1) is 54.3. The first-order valence-electron chi connectivity index (χ1n) is 24.6. The lowest BCUT2D eigenvalue weighted by atomic mass is 10.0. The summed E-state index contributed by atoms with van der Waals surface area (Å²) in [5.41, 5.74) is 0. The number of unbranched alkanes of at least 4 members (excludes halogenated alkanes) is 28. The van der Waals surface area contributed by atoms with Crippen molar-refractivity contribution >= 4 is 11.9 Å². The first-order chi connectivity index (χ1) is 27.5. The Labute approximate surface area is 348 Å². The summed E-state index contributed by atoms with van der Waals surface area (Å²) in [6, 6.07) is -0.707. The minimum Gasteiger partial charge on any atom is -0.462 e. The van der Waals surface area contributed by atoms with Crippen molar-refractivity contribution in [3.63, 3.8) is 0 Å². The molecule has 0 saturated heterocycles. The van der Waals surface area contributed by atoms with E-state index in [-0.39, 0.29) is 24.9 Å². The summed E-state index contributed by atoms with van der Waals surface area (Å²) in [5, 5.41) is 23.7. The Balaban J connectivity index is 4.61. The molecule has 0 saturated carbocycles. The third kappa shape index (κ3) is 39.2.